The Kier molecular flexibility index (Phi) is 4.47. The monoisotopic (exact) mass is 312 g/mol. The van der Waals surface area contributed by atoms with Gasteiger partial charge in [0.15, 0.2) is 0 Å². The molecule has 0 spiro atoms. The number of hydrogen-bond donors (Lipinski definition) is 2. The summed E-state index contributed by atoms with van der Waals surface area (Å²) < 4.78 is 19.2. The summed E-state index contributed by atoms with van der Waals surface area (Å²) in [4.78, 5) is 0. The van der Waals surface area contributed by atoms with Crippen LogP contribution in [0.25, 0.3) is 0 Å². The molecule has 20 heavy (non-hydrogen) atoms. The van der Waals surface area contributed by atoms with Crippen molar-refractivity contribution >= 4 is 29.0 Å². The van der Waals surface area contributed by atoms with E-state index in [4.69, 9.17) is 39.1 Å². The van der Waals surface area contributed by atoms with Crippen molar-refractivity contribution in [3.63, 3.8) is 0 Å². The van der Waals surface area contributed by atoms with Gasteiger partial charge in [-0.25, -0.2) is 4.39 Å². The number of ether oxygens (including phenoxy) is 1. The molecule has 0 radical (unpaired) electrons. The zero-order valence-electron chi connectivity index (χ0n) is 10.3. The predicted molar refractivity (Wildman–Crippen MR) is 78.2 cm³/mol. The Morgan fingerprint density at radius 1 is 1.15 bits per heavy atom. The second-order valence-electron chi connectivity index (χ2n) is 4.08. The molecule has 0 aliphatic heterocycles. The first-order valence-corrected chi connectivity index (χ1v) is 6.43. The average Bonchev–Trinajstić information content (AvgIpc) is 2.41. The molecule has 0 atom stereocenters. The summed E-state index contributed by atoms with van der Waals surface area (Å²) in [6, 6.07) is 9.12. The topological polar surface area (TPSA) is 59.1 Å². The molecule has 2 aromatic rings. The molecule has 3 nitrogen and oxygen atoms in total. The normalized spacial score (nSPS) is 10.3. The minimum Gasteiger partial charge on any atom is -0.489 e. The summed E-state index contributed by atoms with van der Waals surface area (Å²) in [5.41, 5.74) is 5.98. The lowest BCUT2D eigenvalue weighted by Gasteiger charge is -2.09. The van der Waals surface area contributed by atoms with Gasteiger partial charge in [0.2, 0.25) is 0 Å². The number of halogens is 3. The van der Waals surface area contributed by atoms with Crippen molar-refractivity contribution < 1.29 is 9.13 Å². The van der Waals surface area contributed by atoms with E-state index in [1.54, 1.807) is 24.3 Å². The van der Waals surface area contributed by atoms with Crippen molar-refractivity contribution in [2.75, 3.05) is 0 Å². The van der Waals surface area contributed by atoms with Gasteiger partial charge in [-0.05, 0) is 18.2 Å². The zero-order valence-corrected chi connectivity index (χ0v) is 11.8. The first kappa shape index (κ1) is 14.6. The fourth-order valence-corrected chi connectivity index (χ4v) is 1.85. The lowest BCUT2D eigenvalue weighted by Crippen LogP contribution is -2.12. The number of amidine groups is 1. The van der Waals surface area contributed by atoms with Gasteiger partial charge in [-0.15, -0.1) is 0 Å². The second kappa shape index (κ2) is 6.11. The van der Waals surface area contributed by atoms with Crippen molar-refractivity contribution in [3.05, 3.63) is 63.4 Å². The maximum Gasteiger partial charge on any atom is 0.130 e. The maximum atomic E-state index is 13.8. The highest BCUT2D eigenvalue weighted by Gasteiger charge is 2.07. The largest absolute Gasteiger partial charge is 0.489 e. The molecule has 3 N–H and O–H groups in total. The van der Waals surface area contributed by atoms with Gasteiger partial charge in [0.25, 0.3) is 0 Å². The number of nitrogen functional groups attached to an aromatic ring is 1. The van der Waals surface area contributed by atoms with E-state index in [2.05, 4.69) is 0 Å². The number of benzene rings is 2. The Bertz CT molecular complexity index is 662. The molecule has 104 valence electrons. The molecule has 0 heterocycles. The number of nitrogens with two attached hydrogens (primary N) is 1. The van der Waals surface area contributed by atoms with Crippen LogP contribution in [0.2, 0.25) is 10.0 Å². The van der Waals surface area contributed by atoms with Gasteiger partial charge < -0.3 is 10.5 Å². The van der Waals surface area contributed by atoms with E-state index in [-0.39, 0.29) is 12.4 Å². The Balaban J connectivity index is 2.10. The van der Waals surface area contributed by atoms with Gasteiger partial charge in [0.05, 0.1) is 10.0 Å². The predicted octanol–water partition coefficient (Wildman–Crippen LogP) is 4.00. The molecule has 0 aromatic heterocycles. The third-order valence-electron chi connectivity index (χ3n) is 2.65. The SMILES string of the molecule is N=C(N)c1ccc(COc2ccc(Cl)c(Cl)c2)c(F)c1. The summed E-state index contributed by atoms with van der Waals surface area (Å²) in [6.07, 6.45) is 0. The standard InChI is InChI=1S/C14H11Cl2FN2O/c15-11-4-3-10(6-12(11)16)20-7-9-2-1-8(14(18)19)5-13(9)17/h1-6H,7H2,(H3,18,19). The van der Waals surface area contributed by atoms with Crippen molar-refractivity contribution in [2.45, 2.75) is 6.61 Å². The molecule has 6 heteroatoms. The van der Waals surface area contributed by atoms with E-state index in [9.17, 15) is 4.39 Å². The smallest absolute Gasteiger partial charge is 0.130 e. The van der Waals surface area contributed by atoms with E-state index in [1.807, 2.05) is 0 Å². The van der Waals surface area contributed by atoms with Crippen LogP contribution in [0, 0.1) is 11.2 Å². The first-order chi connectivity index (χ1) is 9.47. The van der Waals surface area contributed by atoms with E-state index >= 15 is 0 Å². The molecule has 0 aliphatic carbocycles. The van der Waals surface area contributed by atoms with Crippen LogP contribution < -0.4 is 10.5 Å². The summed E-state index contributed by atoms with van der Waals surface area (Å²) in [5.74, 6) is -0.159. The fraction of sp³-hybridized carbons (Fsp3) is 0.0714. The minimum atomic E-state index is -0.474. The van der Waals surface area contributed by atoms with Gasteiger partial charge >= 0.3 is 0 Å². The number of hydrogen-bond acceptors (Lipinski definition) is 2. The van der Waals surface area contributed by atoms with Crippen molar-refractivity contribution in [2.24, 2.45) is 5.73 Å². The quantitative estimate of drug-likeness (QED) is 0.662. The van der Waals surface area contributed by atoms with E-state index in [1.165, 1.54) is 12.1 Å². The Morgan fingerprint density at radius 2 is 1.90 bits per heavy atom. The van der Waals surface area contributed by atoms with Crippen LogP contribution in [0.5, 0.6) is 5.75 Å². The average molecular weight is 313 g/mol. The van der Waals surface area contributed by atoms with E-state index in [0.717, 1.165) is 0 Å². The van der Waals surface area contributed by atoms with Crippen LogP contribution in [-0.4, -0.2) is 5.84 Å². The lowest BCUT2D eigenvalue weighted by molar-refractivity contribution is 0.300. The minimum absolute atomic E-state index is 0.0436. The van der Waals surface area contributed by atoms with Gasteiger partial charge in [-0.2, -0.15) is 0 Å². The van der Waals surface area contributed by atoms with Crippen molar-refractivity contribution in [3.8, 4) is 5.75 Å². The first-order valence-electron chi connectivity index (χ1n) is 5.68. The number of nitrogens with one attached hydrogen (secondary N) is 1. The van der Waals surface area contributed by atoms with E-state index in [0.29, 0.717) is 26.9 Å². The Hall–Kier alpha value is -1.78. The summed E-state index contributed by atoms with van der Waals surface area (Å²) in [6.45, 7) is 0.0436. The summed E-state index contributed by atoms with van der Waals surface area (Å²) in [5, 5.41) is 8.03. The molecule has 0 aliphatic rings. The van der Waals surface area contributed by atoms with Crippen LogP contribution >= 0.6 is 23.2 Å². The summed E-state index contributed by atoms with van der Waals surface area (Å²) >= 11 is 11.6. The van der Waals surface area contributed by atoms with Crippen LogP contribution in [0.15, 0.2) is 36.4 Å². The van der Waals surface area contributed by atoms with Crippen LogP contribution in [0.3, 0.4) is 0 Å². The lowest BCUT2D eigenvalue weighted by atomic mass is 10.1. The third kappa shape index (κ3) is 3.40. The molecular weight excluding hydrogens is 302 g/mol. The zero-order chi connectivity index (χ0) is 14.7. The highest BCUT2D eigenvalue weighted by molar-refractivity contribution is 6.42. The van der Waals surface area contributed by atoms with Gasteiger partial charge in [-0.1, -0.05) is 35.3 Å². The molecular formula is C14H11Cl2FN2O. The van der Waals surface area contributed by atoms with Gasteiger partial charge in [0.1, 0.15) is 24.0 Å². The highest BCUT2D eigenvalue weighted by Crippen LogP contribution is 2.27. The van der Waals surface area contributed by atoms with Gasteiger partial charge in [-0.3, -0.25) is 5.41 Å². The molecule has 0 bridgehead atoms. The summed E-state index contributed by atoms with van der Waals surface area (Å²) in [7, 11) is 0. The van der Waals surface area contributed by atoms with Crippen LogP contribution in [0.4, 0.5) is 4.39 Å². The van der Waals surface area contributed by atoms with Crippen LogP contribution in [0.1, 0.15) is 11.1 Å². The van der Waals surface area contributed by atoms with Crippen molar-refractivity contribution in [1.29, 1.82) is 5.41 Å². The van der Waals surface area contributed by atoms with Crippen molar-refractivity contribution in [1.82, 2.24) is 0 Å². The maximum absolute atomic E-state index is 13.8. The Morgan fingerprint density at radius 3 is 2.50 bits per heavy atom. The molecule has 0 saturated heterocycles. The molecule has 0 unspecified atom stereocenters. The third-order valence-corrected chi connectivity index (χ3v) is 3.39. The fourth-order valence-electron chi connectivity index (χ4n) is 1.56. The van der Waals surface area contributed by atoms with Crippen LogP contribution in [-0.2, 0) is 6.61 Å². The molecule has 0 fully saturated rings. The van der Waals surface area contributed by atoms with Gasteiger partial charge in [0, 0.05) is 17.2 Å². The molecule has 0 saturated carbocycles. The second-order valence-corrected chi connectivity index (χ2v) is 4.90. The molecule has 2 aromatic carbocycles. The van der Waals surface area contributed by atoms with E-state index < -0.39 is 5.82 Å². The molecule has 0 amide bonds. The highest BCUT2D eigenvalue weighted by atomic mass is 35.5. The number of rotatable bonds is 4. The molecule has 2 rings (SSSR count). The Labute approximate surface area is 125 Å².